The van der Waals surface area contributed by atoms with Gasteiger partial charge in [0.2, 0.25) is 0 Å². The molecule has 0 amide bonds. The fourth-order valence-electron chi connectivity index (χ4n) is 6.53. The number of ketones is 1. The van der Waals surface area contributed by atoms with Gasteiger partial charge in [0, 0.05) is 6.42 Å². The predicted octanol–water partition coefficient (Wildman–Crippen LogP) is 2.96. The molecule has 4 aliphatic carbocycles. The van der Waals surface area contributed by atoms with Crippen LogP contribution < -0.4 is 0 Å². The summed E-state index contributed by atoms with van der Waals surface area (Å²) in [5.41, 5.74) is 1.89. The Morgan fingerprint density at radius 2 is 1.82 bits per heavy atom. The first-order chi connectivity index (χ1) is 9.95. The van der Waals surface area contributed by atoms with Crippen molar-refractivity contribution in [2.24, 2.45) is 28.6 Å². The molecular weight excluding hydrogens is 467 g/mol. The summed E-state index contributed by atoms with van der Waals surface area (Å²) in [6, 6.07) is 0. The molecule has 6 atom stereocenters. The predicted molar refractivity (Wildman–Crippen MR) is 91.3 cm³/mol. The summed E-state index contributed by atoms with van der Waals surface area (Å²) in [7, 11) is 0. The van der Waals surface area contributed by atoms with E-state index in [4.69, 9.17) is 0 Å². The van der Waals surface area contributed by atoms with Crippen LogP contribution in [0.1, 0.15) is 65.2 Å². The summed E-state index contributed by atoms with van der Waals surface area (Å²) in [5, 5.41) is 10.4. The van der Waals surface area contributed by atoms with E-state index < -0.39 is 0 Å². The molecule has 0 bridgehead atoms. The SMILES string of the molecule is C[C@]12CCC(=O)C=C1CC[C@@H]1C3CC[C@H](O)[C@@]3(C)CC[C@H]12.[PbH2]. The van der Waals surface area contributed by atoms with Crippen molar-refractivity contribution >= 4 is 33.1 Å². The van der Waals surface area contributed by atoms with Crippen molar-refractivity contribution in [2.75, 3.05) is 0 Å². The first-order valence-corrected chi connectivity index (χ1v) is 8.87. The number of hydrogen-bond donors (Lipinski definition) is 1. The fraction of sp³-hybridized carbons (Fsp3) is 0.842. The van der Waals surface area contributed by atoms with Crippen LogP contribution in [0.2, 0.25) is 0 Å². The van der Waals surface area contributed by atoms with Crippen LogP contribution in [0.3, 0.4) is 0 Å². The molecule has 0 aromatic rings. The van der Waals surface area contributed by atoms with Crippen molar-refractivity contribution in [1.29, 1.82) is 0 Å². The third kappa shape index (κ3) is 2.22. The Kier molecular flexibility index (Phi) is 4.42. The molecular formula is C19H30O2Pb. The fourth-order valence-corrected chi connectivity index (χ4v) is 6.53. The molecule has 4 rings (SSSR count). The van der Waals surface area contributed by atoms with Crippen molar-refractivity contribution in [3.63, 3.8) is 0 Å². The maximum atomic E-state index is 11.8. The molecule has 2 radical (unpaired) electrons. The normalized spacial score (nSPS) is 50.3. The molecule has 0 heterocycles. The van der Waals surface area contributed by atoms with E-state index in [-0.39, 0.29) is 44.2 Å². The average Bonchev–Trinajstić information content (AvgIpc) is 2.76. The van der Waals surface area contributed by atoms with Crippen molar-refractivity contribution < 1.29 is 9.90 Å². The summed E-state index contributed by atoms with van der Waals surface area (Å²) < 4.78 is 0. The number of hydrogen-bond acceptors (Lipinski definition) is 2. The van der Waals surface area contributed by atoms with E-state index in [2.05, 4.69) is 13.8 Å². The van der Waals surface area contributed by atoms with Crippen LogP contribution >= 0.6 is 0 Å². The van der Waals surface area contributed by atoms with Crippen LogP contribution in [-0.2, 0) is 4.79 Å². The number of rotatable bonds is 0. The molecule has 0 aromatic carbocycles. The Morgan fingerprint density at radius 1 is 1.05 bits per heavy atom. The Hall–Kier alpha value is 0.292. The molecule has 3 saturated carbocycles. The third-order valence-corrected chi connectivity index (χ3v) is 7.91. The van der Waals surface area contributed by atoms with Gasteiger partial charge in [-0.15, -0.1) is 0 Å². The number of fused-ring (bicyclic) bond motifs is 5. The summed E-state index contributed by atoms with van der Waals surface area (Å²) in [4.78, 5) is 11.8. The van der Waals surface area contributed by atoms with E-state index in [0.717, 1.165) is 37.5 Å². The summed E-state index contributed by atoms with van der Waals surface area (Å²) in [6.45, 7) is 4.76. The number of carbonyl (C=O) groups is 1. The molecule has 0 spiro atoms. The van der Waals surface area contributed by atoms with Gasteiger partial charge in [-0.2, -0.15) is 0 Å². The molecule has 2 nitrogen and oxygen atoms in total. The van der Waals surface area contributed by atoms with Gasteiger partial charge in [-0.25, -0.2) is 0 Å². The maximum absolute atomic E-state index is 11.8. The van der Waals surface area contributed by atoms with Gasteiger partial charge in [0.25, 0.3) is 0 Å². The number of aliphatic hydroxyl groups is 1. The Bertz CT molecular complexity index is 514. The summed E-state index contributed by atoms with van der Waals surface area (Å²) >= 11 is 0. The van der Waals surface area contributed by atoms with E-state index in [1.807, 2.05) is 6.08 Å². The van der Waals surface area contributed by atoms with Gasteiger partial charge in [0.15, 0.2) is 5.78 Å². The topological polar surface area (TPSA) is 37.3 Å². The molecule has 3 fully saturated rings. The zero-order chi connectivity index (χ0) is 14.8. The van der Waals surface area contributed by atoms with Crippen molar-refractivity contribution in [3.05, 3.63) is 11.6 Å². The first-order valence-electron chi connectivity index (χ1n) is 8.87. The van der Waals surface area contributed by atoms with Gasteiger partial charge in [-0.05, 0) is 79.6 Å². The van der Waals surface area contributed by atoms with Gasteiger partial charge in [-0.1, -0.05) is 19.4 Å². The van der Waals surface area contributed by atoms with E-state index in [1.54, 1.807) is 0 Å². The quantitative estimate of drug-likeness (QED) is 0.523. The van der Waals surface area contributed by atoms with E-state index >= 15 is 0 Å². The van der Waals surface area contributed by atoms with E-state index in [9.17, 15) is 9.90 Å². The molecule has 4 aliphatic rings. The molecule has 0 aromatic heterocycles. The monoisotopic (exact) mass is 498 g/mol. The number of carbonyl (C=O) groups excluding carboxylic acids is 1. The van der Waals surface area contributed by atoms with E-state index in [1.165, 1.54) is 31.3 Å². The summed E-state index contributed by atoms with van der Waals surface area (Å²) in [6.07, 6.45) is 10.7. The van der Waals surface area contributed by atoms with Crippen molar-refractivity contribution in [3.8, 4) is 0 Å². The van der Waals surface area contributed by atoms with Crippen LogP contribution in [0.4, 0.5) is 0 Å². The van der Waals surface area contributed by atoms with Gasteiger partial charge >= 0.3 is 27.3 Å². The van der Waals surface area contributed by atoms with Gasteiger partial charge in [-0.3, -0.25) is 4.79 Å². The molecule has 0 saturated heterocycles. The van der Waals surface area contributed by atoms with Crippen LogP contribution in [0.25, 0.3) is 0 Å². The number of aliphatic hydroxyl groups excluding tert-OH is 1. The van der Waals surface area contributed by atoms with Crippen molar-refractivity contribution in [2.45, 2.75) is 71.3 Å². The van der Waals surface area contributed by atoms with Crippen LogP contribution in [0.5, 0.6) is 0 Å². The Balaban J connectivity index is 0.00000144. The second-order valence-corrected chi connectivity index (χ2v) is 8.61. The average molecular weight is 498 g/mol. The molecule has 1 unspecified atom stereocenters. The number of allylic oxidation sites excluding steroid dienone is 1. The minimum absolute atomic E-state index is 0. The van der Waals surface area contributed by atoms with E-state index in [0.29, 0.717) is 11.7 Å². The van der Waals surface area contributed by atoms with Gasteiger partial charge in [0.1, 0.15) is 0 Å². The van der Waals surface area contributed by atoms with Crippen LogP contribution in [0.15, 0.2) is 11.6 Å². The van der Waals surface area contributed by atoms with Gasteiger partial charge in [0.05, 0.1) is 6.10 Å². The molecule has 0 aliphatic heterocycles. The summed E-state index contributed by atoms with van der Waals surface area (Å²) in [5.74, 6) is 2.57. The van der Waals surface area contributed by atoms with Crippen molar-refractivity contribution in [1.82, 2.24) is 0 Å². The molecule has 122 valence electrons. The molecule has 1 N–H and O–H groups in total. The Morgan fingerprint density at radius 3 is 2.59 bits per heavy atom. The second kappa shape index (κ2) is 5.68. The zero-order valence-corrected chi connectivity index (χ0v) is 19.6. The Labute approximate surface area is 154 Å². The standard InChI is InChI=1S/C19H28O2.Pb.2H/c1-18-9-7-13(20)11-12(18)3-4-14-15-5-6-17(21)19(15,2)10-8-16(14)18;;;/h11,14-17,21H,3-10H2,1-2H3;;;/t14-,15?,16-,17+,18+,19+;;;/m1.../s1. The van der Waals surface area contributed by atoms with Crippen LogP contribution in [0, 0.1) is 28.6 Å². The first kappa shape index (κ1) is 17.1. The third-order valence-electron chi connectivity index (χ3n) is 7.91. The zero-order valence-electron chi connectivity index (χ0n) is 14.1. The second-order valence-electron chi connectivity index (χ2n) is 8.61. The minimum atomic E-state index is -0.0823. The van der Waals surface area contributed by atoms with Gasteiger partial charge < -0.3 is 5.11 Å². The molecule has 22 heavy (non-hydrogen) atoms. The van der Waals surface area contributed by atoms with Crippen LogP contribution in [-0.4, -0.2) is 44.3 Å². The molecule has 3 heteroatoms.